The Morgan fingerprint density at radius 3 is 2.70 bits per heavy atom. The first-order chi connectivity index (χ1) is 9.69. The second-order valence-corrected chi connectivity index (χ2v) is 6.44. The van der Waals surface area contributed by atoms with Crippen molar-refractivity contribution in [3.8, 4) is 6.07 Å². The fourth-order valence-electron chi connectivity index (χ4n) is 2.48. The van der Waals surface area contributed by atoms with Gasteiger partial charge in [-0.3, -0.25) is 4.79 Å². The molecule has 2 fully saturated rings. The Hall–Kier alpha value is -1.32. The average molecular weight is 311 g/mol. The number of hydrogen-bond donors (Lipinski definition) is 1. The summed E-state index contributed by atoms with van der Waals surface area (Å²) in [5.74, 6) is 0.618. The molecule has 3 rings (SSSR count). The van der Waals surface area contributed by atoms with Gasteiger partial charge in [0.2, 0.25) is 5.91 Å². The Morgan fingerprint density at radius 1 is 1.40 bits per heavy atom. The van der Waals surface area contributed by atoms with E-state index in [1.165, 1.54) is 11.5 Å². The lowest BCUT2D eigenvalue weighted by atomic mass is 10.0. The van der Waals surface area contributed by atoms with Crippen LogP contribution in [0.5, 0.6) is 0 Å². The molecule has 7 heteroatoms. The maximum atomic E-state index is 12.0. The lowest BCUT2D eigenvalue weighted by Crippen LogP contribution is -2.43. The van der Waals surface area contributed by atoms with Crippen LogP contribution in [0.1, 0.15) is 31.2 Å². The summed E-state index contributed by atoms with van der Waals surface area (Å²) in [5, 5.41) is 13.4. The number of aromatic nitrogens is 1. The van der Waals surface area contributed by atoms with Crippen LogP contribution in [-0.4, -0.2) is 34.3 Å². The molecule has 0 radical (unpaired) electrons. The van der Waals surface area contributed by atoms with E-state index in [1.807, 2.05) is 4.90 Å². The van der Waals surface area contributed by atoms with Crippen LogP contribution in [0.2, 0.25) is 5.15 Å². The molecule has 106 valence electrons. The second kappa shape index (κ2) is 5.58. The molecule has 0 bridgehead atoms. The van der Waals surface area contributed by atoms with Crippen molar-refractivity contribution in [3.05, 3.63) is 10.7 Å². The molecular weight excluding hydrogens is 296 g/mol. The van der Waals surface area contributed by atoms with Crippen molar-refractivity contribution in [1.82, 2.24) is 9.27 Å². The number of nitriles is 1. The highest BCUT2D eigenvalue weighted by Gasteiger charge is 2.35. The molecule has 1 aromatic rings. The van der Waals surface area contributed by atoms with Crippen molar-refractivity contribution in [3.63, 3.8) is 0 Å². The van der Waals surface area contributed by atoms with Gasteiger partial charge in [0.15, 0.2) is 5.15 Å². The van der Waals surface area contributed by atoms with Crippen molar-refractivity contribution in [2.24, 2.45) is 5.92 Å². The van der Waals surface area contributed by atoms with Crippen LogP contribution in [0.4, 0.5) is 5.00 Å². The first-order valence-electron chi connectivity index (χ1n) is 6.79. The number of piperidine rings is 1. The minimum absolute atomic E-state index is 0.265. The lowest BCUT2D eigenvalue weighted by molar-refractivity contribution is -0.133. The number of nitrogens with one attached hydrogen (secondary N) is 1. The topological polar surface area (TPSA) is 69.0 Å². The van der Waals surface area contributed by atoms with Gasteiger partial charge in [-0.25, -0.2) is 0 Å². The van der Waals surface area contributed by atoms with E-state index in [-0.39, 0.29) is 11.2 Å². The number of carbonyl (C=O) groups excluding carboxylic acids is 1. The molecule has 20 heavy (non-hydrogen) atoms. The van der Waals surface area contributed by atoms with Gasteiger partial charge >= 0.3 is 0 Å². The minimum Gasteiger partial charge on any atom is -0.372 e. The van der Waals surface area contributed by atoms with E-state index in [2.05, 4.69) is 15.8 Å². The number of likely N-dealkylation sites (tertiary alicyclic amines) is 1. The van der Waals surface area contributed by atoms with Gasteiger partial charge in [0.25, 0.3) is 0 Å². The Balaban J connectivity index is 1.56. The van der Waals surface area contributed by atoms with Crippen molar-refractivity contribution in [1.29, 1.82) is 5.26 Å². The van der Waals surface area contributed by atoms with Gasteiger partial charge in [0.1, 0.15) is 16.6 Å². The number of halogens is 1. The molecule has 0 aromatic carbocycles. The molecule has 0 spiro atoms. The molecule has 0 atom stereocenters. The average Bonchev–Trinajstić information content (AvgIpc) is 3.25. The summed E-state index contributed by atoms with van der Waals surface area (Å²) in [4.78, 5) is 13.9. The normalized spacial score (nSPS) is 19.7. The predicted molar refractivity (Wildman–Crippen MR) is 77.8 cm³/mol. The molecule has 1 aromatic heterocycles. The van der Waals surface area contributed by atoms with E-state index in [0.717, 1.165) is 43.8 Å². The van der Waals surface area contributed by atoms with E-state index in [0.29, 0.717) is 17.4 Å². The third kappa shape index (κ3) is 2.74. The Morgan fingerprint density at radius 2 is 2.10 bits per heavy atom. The standard InChI is InChI=1S/C13H15ClN4OS/c14-11-10(7-15)12(20-17-11)16-9-3-5-18(6-4-9)13(19)8-1-2-8/h8-9,16H,1-6H2. The number of anilines is 1. The van der Waals surface area contributed by atoms with Gasteiger partial charge < -0.3 is 10.2 Å². The predicted octanol–water partition coefficient (Wildman–Crippen LogP) is 2.48. The SMILES string of the molecule is N#Cc1c(Cl)nsc1NC1CCN(C(=O)C2CC2)CC1. The molecule has 2 heterocycles. The first kappa shape index (κ1) is 13.7. The zero-order valence-electron chi connectivity index (χ0n) is 10.9. The van der Waals surface area contributed by atoms with Gasteiger partial charge in [-0.1, -0.05) is 11.6 Å². The lowest BCUT2D eigenvalue weighted by Gasteiger charge is -2.32. The highest BCUT2D eigenvalue weighted by atomic mass is 35.5. The minimum atomic E-state index is 0.265. The molecule has 1 amide bonds. The van der Waals surface area contributed by atoms with Crippen molar-refractivity contribution < 1.29 is 4.79 Å². The van der Waals surface area contributed by atoms with Crippen molar-refractivity contribution in [2.45, 2.75) is 31.7 Å². The van der Waals surface area contributed by atoms with Crippen LogP contribution < -0.4 is 5.32 Å². The summed E-state index contributed by atoms with van der Waals surface area (Å²) in [6.07, 6.45) is 3.92. The third-order valence-electron chi connectivity index (χ3n) is 3.83. The molecule has 2 aliphatic rings. The fraction of sp³-hybridized carbons (Fsp3) is 0.615. The van der Waals surface area contributed by atoms with E-state index in [4.69, 9.17) is 16.9 Å². The summed E-state index contributed by atoms with van der Waals surface area (Å²) in [6, 6.07) is 2.35. The number of rotatable bonds is 3. The number of nitrogens with zero attached hydrogens (tertiary/aromatic N) is 3. The Labute approximate surface area is 126 Å². The maximum Gasteiger partial charge on any atom is 0.225 e. The van der Waals surface area contributed by atoms with E-state index in [1.54, 1.807) is 0 Å². The summed E-state index contributed by atoms with van der Waals surface area (Å²) >= 11 is 7.07. The van der Waals surface area contributed by atoms with Crippen LogP contribution in [0.25, 0.3) is 0 Å². The summed E-state index contributed by atoms with van der Waals surface area (Å²) < 4.78 is 3.99. The third-order valence-corrected chi connectivity index (χ3v) is 4.98. The molecule has 1 saturated carbocycles. The van der Waals surface area contributed by atoms with Crippen molar-refractivity contribution in [2.75, 3.05) is 18.4 Å². The zero-order valence-corrected chi connectivity index (χ0v) is 12.5. The highest BCUT2D eigenvalue weighted by molar-refractivity contribution is 7.10. The Kier molecular flexibility index (Phi) is 3.81. The monoisotopic (exact) mass is 310 g/mol. The van der Waals surface area contributed by atoms with Gasteiger partial charge in [-0.2, -0.15) is 9.64 Å². The smallest absolute Gasteiger partial charge is 0.225 e. The maximum absolute atomic E-state index is 12.0. The summed E-state index contributed by atoms with van der Waals surface area (Å²) in [6.45, 7) is 1.59. The van der Waals surface area contributed by atoms with Gasteiger partial charge in [0, 0.05) is 25.0 Å². The van der Waals surface area contributed by atoms with Crippen LogP contribution in [0, 0.1) is 17.2 Å². The second-order valence-electron chi connectivity index (χ2n) is 5.31. The number of carbonyl (C=O) groups is 1. The number of amides is 1. The van der Waals surface area contributed by atoms with Gasteiger partial charge in [0.05, 0.1) is 0 Å². The largest absolute Gasteiger partial charge is 0.372 e. The number of hydrogen-bond acceptors (Lipinski definition) is 5. The van der Waals surface area contributed by atoms with Crippen LogP contribution >= 0.6 is 23.1 Å². The Bertz CT molecular complexity index is 555. The van der Waals surface area contributed by atoms with Crippen molar-refractivity contribution >= 4 is 34.0 Å². The summed E-state index contributed by atoms with van der Waals surface area (Å²) in [5.41, 5.74) is 0.424. The zero-order chi connectivity index (χ0) is 14.1. The quantitative estimate of drug-likeness (QED) is 0.931. The van der Waals surface area contributed by atoms with Gasteiger partial charge in [-0.05, 0) is 37.2 Å². The first-order valence-corrected chi connectivity index (χ1v) is 7.94. The molecule has 0 unspecified atom stereocenters. The summed E-state index contributed by atoms with van der Waals surface area (Å²) in [7, 11) is 0. The van der Waals surface area contributed by atoms with Crippen LogP contribution in [0.15, 0.2) is 0 Å². The van der Waals surface area contributed by atoms with Crippen LogP contribution in [-0.2, 0) is 4.79 Å². The molecule has 5 nitrogen and oxygen atoms in total. The highest BCUT2D eigenvalue weighted by Crippen LogP contribution is 2.33. The molecule has 1 aliphatic carbocycles. The molecule has 1 saturated heterocycles. The van der Waals surface area contributed by atoms with Gasteiger partial charge in [-0.15, -0.1) is 0 Å². The van der Waals surface area contributed by atoms with Crippen LogP contribution in [0.3, 0.4) is 0 Å². The van der Waals surface area contributed by atoms with E-state index < -0.39 is 0 Å². The molecule has 1 N–H and O–H groups in total. The van der Waals surface area contributed by atoms with E-state index in [9.17, 15) is 4.79 Å². The fourth-order valence-corrected chi connectivity index (χ4v) is 3.50. The van der Waals surface area contributed by atoms with E-state index >= 15 is 0 Å². The molecule has 1 aliphatic heterocycles. The molecular formula is C13H15ClN4OS.